The molecule has 1 aliphatic heterocycles. The molecule has 8 heteroatoms. The van der Waals surface area contributed by atoms with Crippen molar-refractivity contribution >= 4 is 23.4 Å². The number of nitriles is 1. The van der Waals surface area contributed by atoms with Gasteiger partial charge >= 0.3 is 0 Å². The van der Waals surface area contributed by atoms with E-state index in [1.165, 1.54) is 24.4 Å². The molecule has 0 unspecified atom stereocenters. The topological polar surface area (TPSA) is 87.5 Å². The third-order valence-corrected chi connectivity index (χ3v) is 6.60. The molecule has 4 rings (SSSR count). The number of ether oxygens (including phenoxy) is 2. The molecule has 0 atom stereocenters. The number of pyridine rings is 1. The van der Waals surface area contributed by atoms with Crippen LogP contribution in [0.5, 0.6) is 11.5 Å². The fraction of sp³-hybridized carbons (Fsp3) is 0.269. The molecule has 3 aromatic rings. The molecule has 0 spiro atoms. The summed E-state index contributed by atoms with van der Waals surface area (Å²) in [5.41, 5.74) is 4.41. The first-order valence-electron chi connectivity index (χ1n) is 10.9. The zero-order chi connectivity index (χ0) is 23.9. The number of hydrogen-bond donors (Lipinski definition) is 1. The van der Waals surface area contributed by atoms with Crippen molar-refractivity contribution in [1.29, 1.82) is 5.26 Å². The first-order chi connectivity index (χ1) is 16.6. The van der Waals surface area contributed by atoms with E-state index in [0.29, 0.717) is 27.8 Å². The number of methoxy groups -OCH3 is 2. The predicted octanol–water partition coefficient (Wildman–Crippen LogP) is 4.26. The van der Waals surface area contributed by atoms with Gasteiger partial charge in [0.2, 0.25) is 5.91 Å². The van der Waals surface area contributed by atoms with E-state index in [1.807, 2.05) is 24.3 Å². The van der Waals surface area contributed by atoms with E-state index in [2.05, 4.69) is 28.4 Å². The van der Waals surface area contributed by atoms with Crippen molar-refractivity contribution < 1.29 is 14.3 Å². The first kappa shape index (κ1) is 23.6. The molecular weight excluding hydrogens is 448 g/mol. The molecule has 1 aromatic heterocycles. The number of carbonyl (C=O) groups excluding carboxylic acids is 1. The third-order valence-electron chi connectivity index (χ3n) is 5.61. The van der Waals surface area contributed by atoms with Gasteiger partial charge < -0.3 is 14.8 Å². The highest BCUT2D eigenvalue weighted by atomic mass is 32.2. The third kappa shape index (κ3) is 5.68. The number of hydrogen-bond acceptors (Lipinski definition) is 7. The maximum atomic E-state index is 12.6. The Morgan fingerprint density at radius 3 is 2.74 bits per heavy atom. The summed E-state index contributed by atoms with van der Waals surface area (Å²) in [6.07, 6.45) is 0.816. The fourth-order valence-electron chi connectivity index (χ4n) is 3.90. The summed E-state index contributed by atoms with van der Waals surface area (Å²) in [5, 5.41) is 13.1. The van der Waals surface area contributed by atoms with Gasteiger partial charge in [-0.2, -0.15) is 5.26 Å². The van der Waals surface area contributed by atoms with E-state index in [0.717, 1.165) is 37.3 Å². The van der Waals surface area contributed by atoms with Gasteiger partial charge in [0.25, 0.3) is 0 Å². The molecule has 0 fully saturated rings. The largest absolute Gasteiger partial charge is 0.497 e. The molecule has 34 heavy (non-hydrogen) atoms. The molecule has 1 amide bonds. The summed E-state index contributed by atoms with van der Waals surface area (Å²) >= 11 is 1.27. The van der Waals surface area contributed by atoms with E-state index < -0.39 is 0 Å². The minimum atomic E-state index is -0.203. The summed E-state index contributed by atoms with van der Waals surface area (Å²) in [7, 11) is 3.11. The van der Waals surface area contributed by atoms with E-state index in [1.54, 1.807) is 25.3 Å². The second kappa shape index (κ2) is 11.1. The van der Waals surface area contributed by atoms with Crippen LogP contribution >= 0.6 is 11.8 Å². The summed E-state index contributed by atoms with van der Waals surface area (Å²) < 4.78 is 10.5. The highest BCUT2D eigenvalue weighted by Gasteiger charge is 2.21. The lowest BCUT2D eigenvalue weighted by Crippen LogP contribution is -2.31. The maximum Gasteiger partial charge on any atom is 0.234 e. The predicted molar refractivity (Wildman–Crippen MR) is 132 cm³/mol. The van der Waals surface area contributed by atoms with Crippen LogP contribution in [0.4, 0.5) is 5.69 Å². The first-order valence-corrected chi connectivity index (χ1v) is 11.9. The Morgan fingerprint density at radius 2 is 2.00 bits per heavy atom. The number of rotatable bonds is 8. The van der Waals surface area contributed by atoms with Crippen LogP contribution in [0.2, 0.25) is 0 Å². The zero-order valence-electron chi connectivity index (χ0n) is 19.2. The van der Waals surface area contributed by atoms with Gasteiger partial charge in [-0.1, -0.05) is 42.1 Å². The molecule has 1 aliphatic rings. The Labute approximate surface area is 203 Å². The van der Waals surface area contributed by atoms with Gasteiger partial charge in [-0.15, -0.1) is 0 Å². The average Bonchev–Trinajstić information content (AvgIpc) is 2.87. The van der Waals surface area contributed by atoms with Crippen molar-refractivity contribution in [3.63, 3.8) is 0 Å². The lowest BCUT2D eigenvalue weighted by molar-refractivity contribution is -0.113. The Hall–Kier alpha value is -3.54. The van der Waals surface area contributed by atoms with Crippen molar-refractivity contribution in [3.8, 4) is 17.6 Å². The molecule has 0 radical (unpaired) electrons. The van der Waals surface area contributed by atoms with Crippen LogP contribution in [0.1, 0.15) is 22.4 Å². The molecule has 174 valence electrons. The number of fused-ring (bicyclic) bond motifs is 1. The van der Waals surface area contributed by atoms with Gasteiger partial charge in [0.15, 0.2) is 0 Å². The van der Waals surface area contributed by atoms with E-state index >= 15 is 0 Å². The van der Waals surface area contributed by atoms with Gasteiger partial charge in [0.1, 0.15) is 22.6 Å². The normalized spacial score (nSPS) is 13.0. The van der Waals surface area contributed by atoms with Crippen LogP contribution < -0.4 is 14.8 Å². The maximum absolute atomic E-state index is 12.6. The Balaban J connectivity index is 1.41. The smallest absolute Gasteiger partial charge is 0.234 e. The van der Waals surface area contributed by atoms with Crippen LogP contribution in [0.15, 0.2) is 59.6 Å². The minimum absolute atomic E-state index is 0.135. The second-order valence-corrected chi connectivity index (χ2v) is 8.87. The Kier molecular flexibility index (Phi) is 7.68. The van der Waals surface area contributed by atoms with Crippen molar-refractivity contribution in [1.82, 2.24) is 9.88 Å². The van der Waals surface area contributed by atoms with Crippen molar-refractivity contribution in [2.45, 2.75) is 24.5 Å². The molecule has 0 aliphatic carbocycles. The standard InChI is InChI=1S/C26H26N4O3S/c1-32-21-8-9-23(24(13-21)33-2)28-25(31)17-34-26-19(14-27)12-20-16-30(11-10-22(20)29-26)15-18-6-4-3-5-7-18/h3-9,12-13H,10-11,15-17H2,1-2H3,(H,28,31). The summed E-state index contributed by atoms with van der Waals surface area (Å²) in [6, 6.07) is 19.7. The number of carbonyl (C=O) groups is 1. The van der Waals surface area contributed by atoms with Crippen LogP contribution in [-0.2, 0) is 24.3 Å². The van der Waals surface area contributed by atoms with Gasteiger partial charge in [-0.3, -0.25) is 9.69 Å². The number of anilines is 1. The van der Waals surface area contributed by atoms with E-state index in [4.69, 9.17) is 14.5 Å². The molecule has 0 saturated carbocycles. The van der Waals surface area contributed by atoms with Gasteiger partial charge in [-0.25, -0.2) is 4.98 Å². The second-order valence-electron chi connectivity index (χ2n) is 7.91. The highest BCUT2D eigenvalue weighted by molar-refractivity contribution is 8.00. The Bertz CT molecular complexity index is 1210. The SMILES string of the molecule is COc1ccc(NC(=O)CSc2nc3c(cc2C#N)CN(Cc2ccccc2)CC3)c(OC)c1. The molecule has 2 heterocycles. The van der Waals surface area contributed by atoms with Crippen molar-refractivity contribution in [2.24, 2.45) is 0 Å². The summed E-state index contributed by atoms with van der Waals surface area (Å²) in [6.45, 7) is 2.53. The van der Waals surface area contributed by atoms with Crippen LogP contribution in [0, 0.1) is 11.3 Å². The number of amides is 1. The van der Waals surface area contributed by atoms with Crippen LogP contribution in [0.25, 0.3) is 0 Å². The van der Waals surface area contributed by atoms with E-state index in [-0.39, 0.29) is 11.7 Å². The molecule has 1 N–H and O–H groups in total. The van der Waals surface area contributed by atoms with E-state index in [9.17, 15) is 10.1 Å². The van der Waals surface area contributed by atoms with Crippen LogP contribution in [-0.4, -0.2) is 42.3 Å². The molecule has 2 aromatic carbocycles. The molecule has 7 nitrogen and oxygen atoms in total. The molecule has 0 bridgehead atoms. The minimum Gasteiger partial charge on any atom is -0.497 e. The summed E-state index contributed by atoms with van der Waals surface area (Å²) in [4.78, 5) is 19.7. The highest BCUT2D eigenvalue weighted by Crippen LogP contribution is 2.30. The number of aromatic nitrogens is 1. The number of nitrogens with zero attached hydrogens (tertiary/aromatic N) is 3. The fourth-order valence-corrected chi connectivity index (χ4v) is 4.67. The van der Waals surface area contributed by atoms with Crippen molar-refractivity contribution in [3.05, 3.63) is 77.0 Å². The van der Waals surface area contributed by atoms with Gasteiger partial charge in [0.05, 0.1) is 31.2 Å². The number of thioether (sulfide) groups is 1. The summed E-state index contributed by atoms with van der Waals surface area (Å²) in [5.74, 6) is 1.09. The average molecular weight is 475 g/mol. The molecule has 0 saturated heterocycles. The Morgan fingerprint density at radius 1 is 1.18 bits per heavy atom. The number of benzene rings is 2. The van der Waals surface area contributed by atoms with Crippen LogP contribution in [0.3, 0.4) is 0 Å². The number of nitrogens with one attached hydrogen (secondary N) is 1. The van der Waals surface area contributed by atoms with Gasteiger partial charge in [0, 0.05) is 37.8 Å². The monoisotopic (exact) mass is 474 g/mol. The zero-order valence-corrected chi connectivity index (χ0v) is 20.0. The lowest BCUT2D eigenvalue weighted by atomic mass is 10.0. The molecular formula is C26H26N4O3S. The lowest BCUT2D eigenvalue weighted by Gasteiger charge is -2.28. The van der Waals surface area contributed by atoms with Gasteiger partial charge in [-0.05, 0) is 29.3 Å². The quantitative estimate of drug-likeness (QED) is 0.488. The van der Waals surface area contributed by atoms with Crippen molar-refractivity contribution in [2.75, 3.05) is 31.8 Å².